The average Bonchev–Trinajstić information content (AvgIpc) is 3.07. The van der Waals surface area contributed by atoms with E-state index in [9.17, 15) is 9.59 Å². The second kappa shape index (κ2) is 6.33. The fourth-order valence-corrected chi connectivity index (χ4v) is 2.14. The van der Waals surface area contributed by atoms with Crippen molar-refractivity contribution in [1.82, 2.24) is 5.16 Å². The van der Waals surface area contributed by atoms with Crippen molar-refractivity contribution in [3.8, 4) is 0 Å². The van der Waals surface area contributed by atoms with Crippen LogP contribution in [0, 0.1) is 6.92 Å². The molecule has 0 bridgehead atoms. The van der Waals surface area contributed by atoms with Gasteiger partial charge in [0, 0.05) is 6.07 Å². The van der Waals surface area contributed by atoms with Crippen molar-refractivity contribution in [2.24, 2.45) is 0 Å². The van der Waals surface area contributed by atoms with Gasteiger partial charge in [-0.2, -0.15) is 0 Å². The average molecular weight is 294 g/mol. The minimum Gasteiger partial charge on any atom is -0.448 e. The van der Waals surface area contributed by atoms with Gasteiger partial charge in [-0.25, -0.2) is 4.79 Å². The summed E-state index contributed by atoms with van der Waals surface area (Å²) < 4.78 is 10.0. The Bertz CT molecular complexity index is 591. The first-order valence-corrected chi connectivity index (χ1v) is 6.96. The number of carbonyl (C=O) groups is 2. The third-order valence-corrected chi connectivity index (χ3v) is 3.36. The van der Waals surface area contributed by atoms with Crippen LogP contribution in [0.3, 0.4) is 0 Å². The summed E-state index contributed by atoms with van der Waals surface area (Å²) in [7, 11) is 0. The zero-order valence-electron chi connectivity index (χ0n) is 11.1. The number of hydrogen-bond donors (Lipinski definition) is 1. The fraction of sp³-hybridized carbons (Fsp3) is 0.308. The predicted molar refractivity (Wildman–Crippen MR) is 73.7 cm³/mol. The number of aryl methyl sites for hydroxylation is 1. The van der Waals surface area contributed by atoms with Crippen LogP contribution in [-0.2, 0) is 9.53 Å². The zero-order valence-corrected chi connectivity index (χ0v) is 11.9. The molecule has 106 valence electrons. The molecule has 1 unspecified atom stereocenters. The molecule has 0 saturated carbocycles. The van der Waals surface area contributed by atoms with Crippen molar-refractivity contribution in [3.63, 3.8) is 0 Å². The van der Waals surface area contributed by atoms with Crippen molar-refractivity contribution in [1.29, 1.82) is 0 Å². The largest absolute Gasteiger partial charge is 0.448 e. The lowest BCUT2D eigenvalue weighted by Crippen LogP contribution is -2.32. The Balaban J connectivity index is 1.97. The number of carbonyl (C=O) groups excluding carboxylic acids is 2. The zero-order chi connectivity index (χ0) is 14.5. The molecule has 0 aliphatic heterocycles. The maximum absolute atomic E-state index is 12.0. The maximum atomic E-state index is 12.0. The van der Waals surface area contributed by atoms with Crippen LogP contribution in [0.15, 0.2) is 28.1 Å². The quantitative estimate of drug-likeness (QED) is 0.857. The summed E-state index contributed by atoms with van der Waals surface area (Å²) in [5, 5.41) is 7.98. The first-order valence-electron chi connectivity index (χ1n) is 6.08. The van der Waals surface area contributed by atoms with Crippen molar-refractivity contribution >= 4 is 29.0 Å². The summed E-state index contributed by atoms with van der Waals surface area (Å²) in [6, 6.07) is 4.99. The van der Waals surface area contributed by atoms with E-state index in [-0.39, 0.29) is 0 Å². The van der Waals surface area contributed by atoms with Crippen LogP contribution in [-0.4, -0.2) is 23.1 Å². The number of ether oxygens (including phenoxy) is 1. The van der Waals surface area contributed by atoms with E-state index in [0.717, 1.165) is 0 Å². The molecule has 6 nitrogen and oxygen atoms in total. The van der Waals surface area contributed by atoms with E-state index >= 15 is 0 Å². The standard InChI is InChI=1S/C13H14N2O4S/c1-3-9(18-13(17)10-5-4-6-20-10)12(16)14-11-7-8(2)19-15-11/h4-7,9H,3H2,1-2H3,(H,14,15,16). The van der Waals surface area contributed by atoms with Gasteiger partial charge in [0.05, 0.1) is 0 Å². The van der Waals surface area contributed by atoms with Crippen LogP contribution in [0.4, 0.5) is 5.82 Å². The van der Waals surface area contributed by atoms with Crippen LogP contribution < -0.4 is 5.32 Å². The molecule has 0 radical (unpaired) electrons. The Morgan fingerprint density at radius 3 is 2.90 bits per heavy atom. The van der Waals surface area contributed by atoms with Crippen LogP contribution in [0.25, 0.3) is 0 Å². The van der Waals surface area contributed by atoms with Crippen molar-refractivity contribution in [2.75, 3.05) is 5.32 Å². The van der Waals surface area contributed by atoms with Gasteiger partial charge in [-0.15, -0.1) is 11.3 Å². The number of nitrogens with one attached hydrogen (secondary N) is 1. The lowest BCUT2D eigenvalue weighted by atomic mass is 10.2. The maximum Gasteiger partial charge on any atom is 0.349 e. The molecule has 0 saturated heterocycles. The van der Waals surface area contributed by atoms with Gasteiger partial charge in [0.1, 0.15) is 10.6 Å². The molecule has 2 heterocycles. The Hall–Kier alpha value is -2.15. The lowest BCUT2D eigenvalue weighted by Gasteiger charge is -2.14. The second-order valence-electron chi connectivity index (χ2n) is 4.09. The summed E-state index contributed by atoms with van der Waals surface area (Å²) in [6.45, 7) is 3.48. The Morgan fingerprint density at radius 2 is 2.35 bits per heavy atom. The molecule has 2 aromatic heterocycles. The van der Waals surface area contributed by atoms with E-state index < -0.39 is 18.0 Å². The Labute approximate surface area is 119 Å². The Kier molecular flexibility index (Phi) is 4.52. The molecule has 2 rings (SSSR count). The van der Waals surface area contributed by atoms with E-state index in [1.54, 1.807) is 37.4 Å². The van der Waals surface area contributed by atoms with Crippen molar-refractivity contribution < 1.29 is 18.8 Å². The van der Waals surface area contributed by atoms with E-state index in [4.69, 9.17) is 9.26 Å². The van der Waals surface area contributed by atoms with Gasteiger partial charge in [-0.1, -0.05) is 18.1 Å². The molecule has 2 aromatic rings. The van der Waals surface area contributed by atoms with Crippen molar-refractivity contribution in [3.05, 3.63) is 34.2 Å². The normalized spacial score (nSPS) is 11.9. The molecule has 0 aliphatic rings. The molecule has 1 atom stereocenters. The number of amides is 1. The van der Waals surface area contributed by atoms with Crippen LogP contribution >= 0.6 is 11.3 Å². The number of aromatic nitrogens is 1. The third-order valence-electron chi connectivity index (χ3n) is 2.51. The van der Waals surface area contributed by atoms with Crippen molar-refractivity contribution in [2.45, 2.75) is 26.4 Å². The minimum atomic E-state index is -0.860. The number of rotatable bonds is 5. The molecular formula is C13H14N2O4S. The van der Waals surface area contributed by atoms with E-state index in [1.807, 2.05) is 0 Å². The van der Waals surface area contributed by atoms with Gasteiger partial charge in [-0.05, 0) is 24.8 Å². The highest BCUT2D eigenvalue weighted by Gasteiger charge is 2.23. The highest BCUT2D eigenvalue weighted by molar-refractivity contribution is 7.11. The fourth-order valence-electron chi connectivity index (χ4n) is 1.54. The number of esters is 1. The van der Waals surface area contributed by atoms with E-state index in [0.29, 0.717) is 22.9 Å². The monoisotopic (exact) mass is 294 g/mol. The smallest absolute Gasteiger partial charge is 0.349 e. The molecule has 1 amide bonds. The second-order valence-corrected chi connectivity index (χ2v) is 5.04. The number of thiophene rings is 1. The van der Waals surface area contributed by atoms with Gasteiger partial charge in [0.25, 0.3) is 5.91 Å². The SMILES string of the molecule is CCC(OC(=O)c1cccs1)C(=O)Nc1cc(C)on1. The van der Waals surface area contributed by atoms with Gasteiger partial charge in [-0.3, -0.25) is 4.79 Å². The van der Waals surface area contributed by atoms with Crippen LogP contribution in [0.2, 0.25) is 0 Å². The van der Waals surface area contributed by atoms with Gasteiger partial charge in [0.2, 0.25) is 0 Å². The van der Waals surface area contributed by atoms with Gasteiger partial charge < -0.3 is 14.6 Å². The molecule has 0 aliphatic carbocycles. The lowest BCUT2D eigenvalue weighted by molar-refractivity contribution is -0.124. The summed E-state index contributed by atoms with van der Waals surface area (Å²) >= 11 is 1.27. The summed E-state index contributed by atoms with van der Waals surface area (Å²) in [6.07, 6.45) is -0.485. The molecule has 0 fully saturated rings. The Morgan fingerprint density at radius 1 is 1.55 bits per heavy atom. The highest BCUT2D eigenvalue weighted by Crippen LogP contribution is 2.14. The molecule has 0 aromatic carbocycles. The molecule has 20 heavy (non-hydrogen) atoms. The summed E-state index contributed by atoms with van der Waals surface area (Å²) in [5.74, 6) is -0.0360. The number of nitrogens with zero attached hydrogens (tertiary/aromatic N) is 1. The predicted octanol–water partition coefficient (Wildman–Crippen LogP) is 2.62. The van der Waals surface area contributed by atoms with Gasteiger partial charge in [0.15, 0.2) is 11.9 Å². The number of hydrogen-bond acceptors (Lipinski definition) is 6. The minimum absolute atomic E-state index is 0.304. The summed E-state index contributed by atoms with van der Waals surface area (Å²) in [5.41, 5.74) is 0. The summed E-state index contributed by atoms with van der Waals surface area (Å²) in [4.78, 5) is 24.3. The molecule has 1 N–H and O–H groups in total. The first-order chi connectivity index (χ1) is 9.60. The van der Waals surface area contributed by atoms with E-state index in [1.165, 1.54) is 11.3 Å². The van der Waals surface area contributed by atoms with Gasteiger partial charge >= 0.3 is 5.97 Å². The number of anilines is 1. The first kappa shape index (κ1) is 14.3. The highest BCUT2D eigenvalue weighted by atomic mass is 32.1. The van der Waals surface area contributed by atoms with E-state index in [2.05, 4.69) is 10.5 Å². The van der Waals surface area contributed by atoms with Crippen LogP contribution in [0.1, 0.15) is 28.8 Å². The molecule has 7 heteroatoms. The molecule has 0 spiro atoms. The topological polar surface area (TPSA) is 81.4 Å². The third kappa shape index (κ3) is 3.45. The molecular weight excluding hydrogens is 280 g/mol. The van der Waals surface area contributed by atoms with Crippen LogP contribution in [0.5, 0.6) is 0 Å².